The lowest BCUT2D eigenvalue weighted by Gasteiger charge is -2.02. The van der Waals surface area contributed by atoms with E-state index in [2.05, 4.69) is 13.2 Å². The van der Waals surface area contributed by atoms with E-state index in [-0.39, 0.29) is 0 Å². The van der Waals surface area contributed by atoms with Crippen molar-refractivity contribution in [1.29, 1.82) is 0 Å². The second-order valence-electron chi connectivity index (χ2n) is 5.21. The minimum absolute atomic E-state index is 0.462. The van der Waals surface area contributed by atoms with Crippen molar-refractivity contribution in [3.8, 4) is 0 Å². The smallest absolute Gasteiger partial charge is 0.133 e. The van der Waals surface area contributed by atoms with Crippen molar-refractivity contribution >= 4 is 17.5 Å². The molecule has 0 aliphatic heterocycles. The Morgan fingerprint density at radius 3 is 1.78 bits per heavy atom. The highest BCUT2D eigenvalue weighted by molar-refractivity contribution is 7.98. The molecule has 0 aromatic heterocycles. The summed E-state index contributed by atoms with van der Waals surface area (Å²) in [5.74, 6) is 1.46. The zero-order valence-electron chi connectivity index (χ0n) is 12.5. The number of rotatable bonds is 14. The van der Waals surface area contributed by atoms with Gasteiger partial charge in [0.2, 0.25) is 0 Å². The quantitative estimate of drug-likeness (QED) is 0.382. The van der Waals surface area contributed by atoms with Crippen LogP contribution in [0.5, 0.6) is 0 Å². The monoisotopic (exact) mass is 272 g/mol. The Morgan fingerprint density at radius 2 is 1.28 bits per heavy atom. The van der Waals surface area contributed by atoms with Crippen molar-refractivity contribution in [2.24, 2.45) is 0 Å². The molecule has 1 nitrogen and oxygen atoms in total. The Labute approximate surface area is 118 Å². The molecule has 0 fully saturated rings. The lowest BCUT2D eigenvalue weighted by atomic mass is 10.0. The maximum Gasteiger partial charge on any atom is 0.133 e. The molecular formula is C16H32OS. The highest BCUT2D eigenvalue weighted by atomic mass is 32.2. The highest BCUT2D eigenvalue weighted by Crippen LogP contribution is 2.12. The van der Waals surface area contributed by atoms with Gasteiger partial charge in [-0.3, -0.25) is 4.79 Å². The van der Waals surface area contributed by atoms with Crippen LogP contribution in [-0.2, 0) is 4.79 Å². The average Bonchev–Trinajstić information content (AvgIpc) is 2.38. The summed E-state index contributed by atoms with van der Waals surface area (Å²) in [6.45, 7) is 2.26. The number of Topliss-reactive ketones (excluding diaryl/α,β-unsaturated/α-hetero) is 1. The van der Waals surface area contributed by atoms with Gasteiger partial charge in [0.15, 0.2) is 0 Å². The highest BCUT2D eigenvalue weighted by Gasteiger charge is 2.00. The SMILES string of the molecule is CCCCCCCCCCCCC(=O)CCSC. The van der Waals surface area contributed by atoms with Crippen LogP contribution in [0.1, 0.15) is 84.0 Å². The number of carbonyl (C=O) groups excluding carboxylic acids is 1. The molecule has 0 spiro atoms. The average molecular weight is 272 g/mol. The van der Waals surface area contributed by atoms with Gasteiger partial charge < -0.3 is 0 Å². The third kappa shape index (κ3) is 14.1. The van der Waals surface area contributed by atoms with E-state index in [9.17, 15) is 4.79 Å². The third-order valence-electron chi connectivity index (χ3n) is 3.39. The van der Waals surface area contributed by atoms with Crippen LogP contribution in [0, 0.1) is 0 Å². The first-order valence-electron chi connectivity index (χ1n) is 7.82. The van der Waals surface area contributed by atoms with Gasteiger partial charge in [-0.15, -0.1) is 0 Å². The number of ketones is 1. The topological polar surface area (TPSA) is 17.1 Å². The van der Waals surface area contributed by atoms with Crippen molar-refractivity contribution < 1.29 is 4.79 Å². The molecule has 0 heterocycles. The Morgan fingerprint density at radius 1 is 0.778 bits per heavy atom. The predicted molar refractivity (Wildman–Crippen MR) is 84.5 cm³/mol. The van der Waals surface area contributed by atoms with Gasteiger partial charge in [0.1, 0.15) is 5.78 Å². The van der Waals surface area contributed by atoms with E-state index in [1.165, 1.54) is 57.8 Å². The molecule has 0 saturated carbocycles. The number of unbranched alkanes of at least 4 members (excludes halogenated alkanes) is 9. The zero-order chi connectivity index (χ0) is 13.5. The maximum atomic E-state index is 11.4. The van der Waals surface area contributed by atoms with E-state index in [0.717, 1.165) is 25.0 Å². The fourth-order valence-corrected chi connectivity index (χ4v) is 2.58. The first-order valence-corrected chi connectivity index (χ1v) is 9.21. The normalized spacial score (nSPS) is 10.8. The van der Waals surface area contributed by atoms with Crippen LogP contribution < -0.4 is 0 Å². The molecule has 18 heavy (non-hydrogen) atoms. The molecule has 2 heteroatoms. The molecule has 0 rings (SSSR count). The molecule has 0 aliphatic carbocycles. The van der Waals surface area contributed by atoms with Crippen LogP contribution in [0.3, 0.4) is 0 Å². The van der Waals surface area contributed by atoms with Gasteiger partial charge in [0.05, 0.1) is 0 Å². The van der Waals surface area contributed by atoms with E-state index in [1.54, 1.807) is 11.8 Å². The molecular weight excluding hydrogens is 240 g/mol. The lowest BCUT2D eigenvalue weighted by molar-refractivity contribution is -0.118. The van der Waals surface area contributed by atoms with Gasteiger partial charge in [-0.05, 0) is 18.4 Å². The summed E-state index contributed by atoms with van der Waals surface area (Å²) in [6.07, 6.45) is 17.1. The molecule has 0 unspecified atom stereocenters. The first kappa shape index (κ1) is 18.0. The van der Waals surface area contributed by atoms with E-state index in [4.69, 9.17) is 0 Å². The third-order valence-corrected chi connectivity index (χ3v) is 4.01. The summed E-state index contributed by atoms with van der Waals surface area (Å²) in [5.41, 5.74) is 0. The Balaban J connectivity index is 3.04. The van der Waals surface area contributed by atoms with Gasteiger partial charge in [-0.25, -0.2) is 0 Å². The van der Waals surface area contributed by atoms with Gasteiger partial charge in [0.25, 0.3) is 0 Å². The lowest BCUT2D eigenvalue weighted by Crippen LogP contribution is -1.98. The minimum atomic E-state index is 0.462. The summed E-state index contributed by atoms with van der Waals surface area (Å²) >= 11 is 1.77. The molecule has 0 aromatic rings. The zero-order valence-corrected chi connectivity index (χ0v) is 13.3. The number of hydrogen-bond donors (Lipinski definition) is 0. The molecule has 0 saturated heterocycles. The molecule has 0 atom stereocenters. The summed E-state index contributed by atoms with van der Waals surface area (Å²) in [4.78, 5) is 11.4. The van der Waals surface area contributed by atoms with E-state index in [1.807, 2.05) is 0 Å². The van der Waals surface area contributed by atoms with Crippen LogP contribution in [0.15, 0.2) is 0 Å². The second-order valence-corrected chi connectivity index (χ2v) is 6.20. The molecule has 0 aromatic carbocycles. The summed E-state index contributed by atoms with van der Waals surface area (Å²) < 4.78 is 0. The second kappa shape index (κ2) is 15.1. The van der Waals surface area contributed by atoms with Crippen LogP contribution in [0.25, 0.3) is 0 Å². The molecule has 0 bridgehead atoms. The molecule has 108 valence electrons. The van der Waals surface area contributed by atoms with Crippen molar-refractivity contribution in [1.82, 2.24) is 0 Å². The Kier molecular flexibility index (Phi) is 15.1. The van der Waals surface area contributed by atoms with Crippen LogP contribution in [0.2, 0.25) is 0 Å². The van der Waals surface area contributed by atoms with Gasteiger partial charge in [0, 0.05) is 12.8 Å². The van der Waals surface area contributed by atoms with E-state index >= 15 is 0 Å². The number of hydrogen-bond acceptors (Lipinski definition) is 2. The van der Waals surface area contributed by atoms with Gasteiger partial charge in [-0.1, -0.05) is 64.7 Å². The largest absolute Gasteiger partial charge is 0.300 e. The maximum absolute atomic E-state index is 11.4. The fourth-order valence-electron chi connectivity index (χ4n) is 2.15. The number of carbonyl (C=O) groups is 1. The van der Waals surface area contributed by atoms with E-state index in [0.29, 0.717) is 5.78 Å². The summed E-state index contributed by atoms with van der Waals surface area (Å²) in [5, 5.41) is 0. The number of thioether (sulfide) groups is 1. The van der Waals surface area contributed by atoms with Crippen LogP contribution in [0.4, 0.5) is 0 Å². The first-order chi connectivity index (χ1) is 8.81. The van der Waals surface area contributed by atoms with Gasteiger partial charge >= 0.3 is 0 Å². The Hall–Kier alpha value is 0.0200. The van der Waals surface area contributed by atoms with Crippen molar-refractivity contribution in [2.75, 3.05) is 12.0 Å². The minimum Gasteiger partial charge on any atom is -0.300 e. The fraction of sp³-hybridized carbons (Fsp3) is 0.938. The van der Waals surface area contributed by atoms with Crippen molar-refractivity contribution in [3.63, 3.8) is 0 Å². The van der Waals surface area contributed by atoms with Crippen molar-refractivity contribution in [3.05, 3.63) is 0 Å². The summed E-state index contributed by atoms with van der Waals surface area (Å²) in [6, 6.07) is 0. The standard InChI is InChI=1S/C16H32OS/c1-3-4-5-6-7-8-9-10-11-12-13-16(17)14-15-18-2/h3-15H2,1-2H3. The van der Waals surface area contributed by atoms with Crippen LogP contribution >= 0.6 is 11.8 Å². The van der Waals surface area contributed by atoms with Crippen LogP contribution in [-0.4, -0.2) is 17.8 Å². The van der Waals surface area contributed by atoms with Crippen molar-refractivity contribution in [2.45, 2.75) is 84.0 Å². The Bertz CT molecular complexity index is 180. The molecule has 0 radical (unpaired) electrons. The van der Waals surface area contributed by atoms with E-state index < -0.39 is 0 Å². The molecule has 0 N–H and O–H groups in total. The molecule has 0 amide bonds. The summed E-state index contributed by atoms with van der Waals surface area (Å²) in [7, 11) is 0. The van der Waals surface area contributed by atoms with Gasteiger partial charge in [-0.2, -0.15) is 11.8 Å². The predicted octanol–water partition coefficient (Wildman–Crippen LogP) is 5.62. The molecule has 0 aliphatic rings.